The molecule has 1 atom stereocenters. The largest absolute Gasteiger partial charge is 0.471 e. The van der Waals surface area contributed by atoms with Gasteiger partial charge < -0.3 is 9.64 Å². The van der Waals surface area contributed by atoms with Gasteiger partial charge in [-0.05, 0) is 11.1 Å². The van der Waals surface area contributed by atoms with Gasteiger partial charge >= 0.3 is 18.1 Å². The highest BCUT2D eigenvalue weighted by molar-refractivity contribution is 5.88. The maximum atomic E-state index is 12.7. The summed E-state index contributed by atoms with van der Waals surface area (Å²) < 4.78 is 42.6. The van der Waals surface area contributed by atoms with E-state index in [-0.39, 0.29) is 17.7 Å². The number of non-ortho nitro benzene ring substituents is 1. The molecule has 0 saturated heterocycles. The second kappa shape index (κ2) is 5.86. The van der Waals surface area contributed by atoms with E-state index in [0.717, 1.165) is 13.2 Å². The zero-order chi connectivity index (χ0) is 17.4. The van der Waals surface area contributed by atoms with Crippen LogP contribution in [-0.2, 0) is 27.3 Å². The molecule has 10 heteroatoms. The summed E-state index contributed by atoms with van der Waals surface area (Å²) in [6.07, 6.45) is -5.37. The number of esters is 1. The number of benzene rings is 1. The number of nitro benzene ring substituents is 1. The Morgan fingerprint density at radius 1 is 1.35 bits per heavy atom. The maximum absolute atomic E-state index is 12.7. The van der Waals surface area contributed by atoms with Crippen LogP contribution >= 0.6 is 0 Å². The van der Waals surface area contributed by atoms with E-state index in [9.17, 15) is 32.9 Å². The van der Waals surface area contributed by atoms with Crippen molar-refractivity contribution in [2.24, 2.45) is 0 Å². The summed E-state index contributed by atoms with van der Waals surface area (Å²) in [5.74, 6) is -3.17. The Morgan fingerprint density at radius 3 is 2.52 bits per heavy atom. The van der Waals surface area contributed by atoms with Crippen LogP contribution in [0.25, 0.3) is 0 Å². The van der Waals surface area contributed by atoms with Gasteiger partial charge in [0.1, 0.15) is 6.04 Å². The van der Waals surface area contributed by atoms with E-state index in [4.69, 9.17) is 0 Å². The minimum Gasteiger partial charge on any atom is -0.467 e. The summed E-state index contributed by atoms with van der Waals surface area (Å²) >= 11 is 0. The van der Waals surface area contributed by atoms with Gasteiger partial charge in [-0.15, -0.1) is 0 Å². The SMILES string of the molecule is COC(=O)[C@@H]1Cc2ccc([N+](=O)[O-])cc2CN1C(=O)C(F)(F)F. The lowest BCUT2D eigenvalue weighted by Gasteiger charge is -2.35. The van der Waals surface area contributed by atoms with Gasteiger partial charge in [-0.2, -0.15) is 13.2 Å². The number of rotatable bonds is 2. The number of hydrogen-bond acceptors (Lipinski definition) is 5. The summed E-state index contributed by atoms with van der Waals surface area (Å²) in [4.78, 5) is 33.6. The Balaban J connectivity index is 2.44. The van der Waals surface area contributed by atoms with Crippen LogP contribution in [-0.4, -0.2) is 41.0 Å². The lowest BCUT2D eigenvalue weighted by Crippen LogP contribution is -2.53. The van der Waals surface area contributed by atoms with E-state index in [2.05, 4.69) is 4.74 Å². The topological polar surface area (TPSA) is 89.8 Å². The summed E-state index contributed by atoms with van der Waals surface area (Å²) in [6.45, 7) is -0.560. The molecule has 0 saturated carbocycles. The van der Waals surface area contributed by atoms with Crippen molar-refractivity contribution in [1.29, 1.82) is 0 Å². The number of hydrogen-bond donors (Lipinski definition) is 0. The molecule has 1 aromatic rings. The highest BCUT2D eigenvalue weighted by Crippen LogP contribution is 2.30. The van der Waals surface area contributed by atoms with Crippen LogP contribution in [0, 0.1) is 10.1 Å². The van der Waals surface area contributed by atoms with E-state index in [1.54, 1.807) is 0 Å². The fourth-order valence-electron chi connectivity index (χ4n) is 2.41. The number of carbonyl (C=O) groups is 2. The highest BCUT2D eigenvalue weighted by atomic mass is 19.4. The van der Waals surface area contributed by atoms with E-state index >= 15 is 0 Å². The predicted molar refractivity (Wildman–Crippen MR) is 69.2 cm³/mol. The van der Waals surface area contributed by atoms with Gasteiger partial charge in [0.25, 0.3) is 5.69 Å². The first-order chi connectivity index (χ1) is 10.6. The molecule has 1 aromatic carbocycles. The van der Waals surface area contributed by atoms with Crippen molar-refractivity contribution >= 4 is 17.6 Å². The number of nitrogens with zero attached hydrogens (tertiary/aromatic N) is 2. The second-order valence-corrected chi connectivity index (χ2v) is 4.88. The fraction of sp³-hybridized carbons (Fsp3) is 0.385. The molecule has 1 aliphatic heterocycles. The van der Waals surface area contributed by atoms with Crippen LogP contribution in [0.3, 0.4) is 0 Å². The van der Waals surface area contributed by atoms with Crippen molar-refractivity contribution in [1.82, 2.24) is 4.90 Å². The second-order valence-electron chi connectivity index (χ2n) is 4.88. The Kier molecular flexibility index (Phi) is 4.26. The van der Waals surface area contributed by atoms with Crippen molar-refractivity contribution in [2.45, 2.75) is 25.2 Å². The third kappa shape index (κ3) is 3.25. The first-order valence-electron chi connectivity index (χ1n) is 6.37. The molecule has 0 aliphatic carbocycles. The van der Waals surface area contributed by atoms with Crippen molar-refractivity contribution in [3.8, 4) is 0 Å². The van der Waals surface area contributed by atoms with E-state index in [1.807, 2.05) is 0 Å². The third-order valence-electron chi connectivity index (χ3n) is 3.51. The molecule has 1 aliphatic rings. The third-order valence-corrected chi connectivity index (χ3v) is 3.51. The molecule has 2 rings (SSSR count). The molecular formula is C13H11F3N2O5. The zero-order valence-corrected chi connectivity index (χ0v) is 11.8. The molecule has 124 valence electrons. The molecule has 0 radical (unpaired) electrons. The maximum Gasteiger partial charge on any atom is 0.471 e. The van der Waals surface area contributed by atoms with Crippen LogP contribution in [0.1, 0.15) is 11.1 Å². The molecule has 23 heavy (non-hydrogen) atoms. The molecule has 1 amide bonds. The monoisotopic (exact) mass is 332 g/mol. The molecule has 0 fully saturated rings. The minimum atomic E-state index is -5.16. The van der Waals surface area contributed by atoms with Crippen LogP contribution in [0.2, 0.25) is 0 Å². The van der Waals surface area contributed by atoms with Gasteiger partial charge in [0.05, 0.1) is 12.0 Å². The number of halogens is 3. The van der Waals surface area contributed by atoms with Crippen LogP contribution in [0.4, 0.5) is 18.9 Å². The first kappa shape index (κ1) is 16.7. The number of ether oxygens (including phenoxy) is 1. The van der Waals surface area contributed by atoms with Crippen molar-refractivity contribution < 1.29 is 32.4 Å². The molecule has 0 aromatic heterocycles. The van der Waals surface area contributed by atoms with Gasteiger partial charge in [-0.25, -0.2) is 4.79 Å². The van der Waals surface area contributed by atoms with Gasteiger partial charge in [-0.1, -0.05) is 6.07 Å². The average molecular weight is 332 g/mol. The number of fused-ring (bicyclic) bond motifs is 1. The Bertz CT molecular complexity index is 674. The summed E-state index contributed by atoms with van der Waals surface area (Å²) in [6, 6.07) is 2.22. The zero-order valence-electron chi connectivity index (χ0n) is 11.8. The number of nitro groups is 1. The average Bonchev–Trinajstić information content (AvgIpc) is 2.50. The Morgan fingerprint density at radius 2 is 2.00 bits per heavy atom. The van der Waals surface area contributed by atoms with Gasteiger partial charge in [0.15, 0.2) is 0 Å². The summed E-state index contributed by atoms with van der Waals surface area (Å²) in [5.41, 5.74) is 0.342. The van der Waals surface area contributed by atoms with Crippen LogP contribution in [0.15, 0.2) is 18.2 Å². The quantitative estimate of drug-likeness (QED) is 0.466. The lowest BCUT2D eigenvalue weighted by molar-refractivity contribution is -0.385. The Hall–Kier alpha value is -2.65. The number of amides is 1. The fourth-order valence-corrected chi connectivity index (χ4v) is 2.41. The van der Waals surface area contributed by atoms with E-state index in [0.29, 0.717) is 10.5 Å². The molecule has 0 bridgehead atoms. The highest BCUT2D eigenvalue weighted by Gasteiger charge is 2.48. The van der Waals surface area contributed by atoms with Crippen LogP contribution < -0.4 is 0 Å². The molecule has 0 N–H and O–H groups in total. The van der Waals surface area contributed by atoms with Crippen LogP contribution in [0.5, 0.6) is 0 Å². The number of methoxy groups -OCH3 is 1. The van der Waals surface area contributed by atoms with Gasteiger partial charge in [0, 0.05) is 25.1 Å². The van der Waals surface area contributed by atoms with Crippen molar-refractivity contribution in [3.63, 3.8) is 0 Å². The predicted octanol–water partition coefficient (Wildman–Crippen LogP) is 1.58. The standard InChI is InChI=1S/C13H11F3N2O5/c1-23-11(19)10-5-7-2-3-9(18(21)22)4-8(7)6-17(10)12(20)13(14,15)16/h2-4,10H,5-6H2,1H3/t10-/m0/s1. The molecule has 0 spiro atoms. The lowest BCUT2D eigenvalue weighted by atomic mass is 9.93. The smallest absolute Gasteiger partial charge is 0.467 e. The van der Waals surface area contributed by atoms with Gasteiger partial charge in [-0.3, -0.25) is 14.9 Å². The van der Waals surface area contributed by atoms with E-state index < -0.39 is 35.6 Å². The summed E-state index contributed by atoms with van der Waals surface area (Å²) in [7, 11) is 1.00. The molecular weight excluding hydrogens is 321 g/mol. The molecule has 7 nitrogen and oxygen atoms in total. The normalized spacial score (nSPS) is 17.4. The van der Waals surface area contributed by atoms with E-state index in [1.165, 1.54) is 12.1 Å². The first-order valence-corrected chi connectivity index (χ1v) is 6.37. The van der Waals surface area contributed by atoms with Gasteiger partial charge in [0.2, 0.25) is 0 Å². The minimum absolute atomic E-state index is 0.192. The molecule has 0 unspecified atom stereocenters. The summed E-state index contributed by atoms with van der Waals surface area (Å²) in [5, 5.41) is 10.8. The van der Waals surface area contributed by atoms with Crippen molar-refractivity contribution in [2.75, 3.05) is 7.11 Å². The Labute approximate surface area is 127 Å². The van der Waals surface area contributed by atoms with Crippen molar-refractivity contribution in [3.05, 3.63) is 39.4 Å². The number of carbonyl (C=O) groups excluding carboxylic acids is 2. The number of alkyl halides is 3. The molecule has 1 heterocycles.